The lowest BCUT2D eigenvalue weighted by Gasteiger charge is -2.23. The fourth-order valence-corrected chi connectivity index (χ4v) is 2.27. The number of nitrogens with one attached hydrogen (secondary N) is 1. The van der Waals surface area contributed by atoms with Crippen LogP contribution in [-0.4, -0.2) is 46.3 Å². The molecule has 1 heterocycles. The molecule has 19 heavy (non-hydrogen) atoms. The van der Waals surface area contributed by atoms with Gasteiger partial charge in [-0.25, -0.2) is 0 Å². The van der Waals surface area contributed by atoms with E-state index in [4.69, 9.17) is 0 Å². The van der Waals surface area contributed by atoms with Crippen molar-refractivity contribution in [2.45, 2.75) is 40.3 Å². The van der Waals surface area contributed by atoms with Crippen LogP contribution in [0, 0.1) is 6.92 Å². The smallest absolute Gasteiger partial charge is 0.241 e. The second-order valence-corrected chi connectivity index (χ2v) is 5.57. The summed E-state index contributed by atoms with van der Waals surface area (Å²) in [6, 6.07) is 0.146. The molecule has 0 bridgehead atoms. The Hall–Kier alpha value is -0.880. The summed E-state index contributed by atoms with van der Waals surface area (Å²) in [5.41, 5.74) is 0.893. The summed E-state index contributed by atoms with van der Waals surface area (Å²) in [4.78, 5) is 14.2. The molecular formula is C13H23BrN4O. The third-order valence-electron chi connectivity index (χ3n) is 3.03. The van der Waals surface area contributed by atoms with Crippen LogP contribution >= 0.6 is 15.9 Å². The highest BCUT2D eigenvalue weighted by molar-refractivity contribution is 9.10. The molecule has 0 radical (unpaired) electrons. The highest BCUT2D eigenvalue weighted by atomic mass is 79.9. The minimum atomic E-state index is -0.00495. The van der Waals surface area contributed by atoms with Crippen LogP contribution < -0.4 is 5.32 Å². The molecule has 0 saturated heterocycles. The average Bonchev–Trinajstić information content (AvgIpc) is 2.64. The Kier molecular flexibility index (Phi) is 6.51. The van der Waals surface area contributed by atoms with Crippen LogP contribution in [0.5, 0.6) is 0 Å². The summed E-state index contributed by atoms with van der Waals surface area (Å²) in [6.07, 6.45) is 1.82. The van der Waals surface area contributed by atoms with E-state index in [2.05, 4.69) is 45.1 Å². The van der Waals surface area contributed by atoms with Gasteiger partial charge in [0.1, 0.15) is 6.54 Å². The zero-order chi connectivity index (χ0) is 14.4. The molecule has 0 spiro atoms. The second kappa shape index (κ2) is 7.65. The number of likely N-dealkylation sites (N-methyl/N-ethyl adjacent to an activating group) is 1. The molecule has 0 aromatic carbocycles. The van der Waals surface area contributed by atoms with Crippen molar-refractivity contribution in [1.29, 1.82) is 0 Å². The first-order chi connectivity index (χ1) is 8.96. The average molecular weight is 331 g/mol. The predicted molar refractivity (Wildman–Crippen MR) is 80.1 cm³/mol. The molecule has 1 amide bonds. The van der Waals surface area contributed by atoms with Crippen LogP contribution in [0.15, 0.2) is 10.7 Å². The molecule has 5 nitrogen and oxygen atoms in total. The van der Waals surface area contributed by atoms with Gasteiger partial charge in [-0.05, 0) is 42.9 Å². The topological polar surface area (TPSA) is 50.2 Å². The number of carbonyl (C=O) groups excluding carboxylic acids is 1. The van der Waals surface area contributed by atoms with Crippen LogP contribution in [-0.2, 0) is 11.3 Å². The fourth-order valence-electron chi connectivity index (χ4n) is 1.96. The highest BCUT2D eigenvalue weighted by Crippen LogP contribution is 2.12. The second-order valence-electron chi connectivity index (χ2n) is 4.71. The maximum Gasteiger partial charge on any atom is 0.241 e. The molecule has 6 heteroatoms. The Morgan fingerprint density at radius 2 is 2.16 bits per heavy atom. The van der Waals surface area contributed by atoms with Crippen LogP contribution in [0.1, 0.15) is 26.5 Å². The molecule has 0 fully saturated rings. The minimum Gasteiger partial charge on any atom is -0.351 e. The van der Waals surface area contributed by atoms with E-state index < -0.39 is 0 Å². The number of carbonyl (C=O) groups is 1. The van der Waals surface area contributed by atoms with Gasteiger partial charge < -0.3 is 10.2 Å². The van der Waals surface area contributed by atoms with E-state index in [-0.39, 0.29) is 18.5 Å². The standard InChI is InChI=1S/C13H23BrN4O/c1-5-17(6-2)7-10(3)15-13(19)9-18-8-12(14)11(4)16-18/h8,10H,5-7,9H2,1-4H3,(H,15,19)/t10-/m0/s1. The summed E-state index contributed by atoms with van der Waals surface area (Å²) in [5.74, 6) is -0.00495. The SMILES string of the molecule is CCN(CC)C[C@H](C)NC(=O)Cn1cc(Br)c(C)n1. The van der Waals surface area contributed by atoms with E-state index >= 15 is 0 Å². The normalized spacial score (nSPS) is 12.7. The molecule has 1 aromatic rings. The van der Waals surface area contributed by atoms with Crippen LogP contribution in [0.4, 0.5) is 0 Å². The van der Waals surface area contributed by atoms with Gasteiger partial charge in [0.15, 0.2) is 0 Å². The van der Waals surface area contributed by atoms with Crippen molar-refractivity contribution in [3.63, 3.8) is 0 Å². The third kappa shape index (κ3) is 5.32. The van der Waals surface area contributed by atoms with Crippen molar-refractivity contribution in [3.05, 3.63) is 16.4 Å². The maximum absolute atomic E-state index is 11.9. The van der Waals surface area contributed by atoms with Crippen molar-refractivity contribution in [1.82, 2.24) is 20.0 Å². The molecular weight excluding hydrogens is 308 g/mol. The summed E-state index contributed by atoms with van der Waals surface area (Å²) in [5, 5.41) is 7.25. The molecule has 1 N–H and O–H groups in total. The molecule has 1 rings (SSSR count). The van der Waals surface area contributed by atoms with Gasteiger partial charge in [0, 0.05) is 18.8 Å². The molecule has 0 aliphatic rings. The van der Waals surface area contributed by atoms with E-state index in [1.54, 1.807) is 4.68 Å². The Morgan fingerprint density at radius 3 is 2.63 bits per heavy atom. The van der Waals surface area contributed by atoms with Crippen molar-refractivity contribution >= 4 is 21.8 Å². The summed E-state index contributed by atoms with van der Waals surface area (Å²) >= 11 is 3.39. The first-order valence-electron chi connectivity index (χ1n) is 6.67. The molecule has 0 aliphatic carbocycles. The maximum atomic E-state index is 11.9. The van der Waals surface area contributed by atoms with Gasteiger partial charge in [-0.1, -0.05) is 13.8 Å². The van der Waals surface area contributed by atoms with Gasteiger partial charge in [-0.3, -0.25) is 9.48 Å². The molecule has 0 aliphatic heterocycles. The van der Waals surface area contributed by atoms with Crippen molar-refractivity contribution in [2.24, 2.45) is 0 Å². The Morgan fingerprint density at radius 1 is 1.53 bits per heavy atom. The Bertz CT molecular complexity index is 395. The Labute approximate surface area is 123 Å². The van der Waals surface area contributed by atoms with Crippen LogP contribution in [0.25, 0.3) is 0 Å². The number of halogens is 1. The zero-order valence-electron chi connectivity index (χ0n) is 12.1. The van der Waals surface area contributed by atoms with Crippen molar-refractivity contribution in [3.8, 4) is 0 Å². The van der Waals surface area contributed by atoms with Gasteiger partial charge in [-0.2, -0.15) is 5.10 Å². The first-order valence-corrected chi connectivity index (χ1v) is 7.46. The van der Waals surface area contributed by atoms with Gasteiger partial charge >= 0.3 is 0 Å². The van der Waals surface area contributed by atoms with Gasteiger partial charge in [-0.15, -0.1) is 0 Å². The minimum absolute atomic E-state index is 0.00495. The van der Waals surface area contributed by atoms with Gasteiger partial charge in [0.25, 0.3) is 0 Å². The number of hydrogen-bond donors (Lipinski definition) is 1. The summed E-state index contributed by atoms with van der Waals surface area (Å²) in [6.45, 7) is 11.3. The van der Waals surface area contributed by atoms with Crippen LogP contribution in [0.3, 0.4) is 0 Å². The Balaban J connectivity index is 2.42. The van der Waals surface area contributed by atoms with E-state index in [0.717, 1.165) is 29.8 Å². The van der Waals surface area contributed by atoms with Crippen LogP contribution in [0.2, 0.25) is 0 Å². The molecule has 0 saturated carbocycles. The monoisotopic (exact) mass is 330 g/mol. The van der Waals surface area contributed by atoms with E-state index in [9.17, 15) is 4.79 Å². The predicted octanol–water partition coefficient (Wildman–Crippen LogP) is 1.80. The summed E-state index contributed by atoms with van der Waals surface area (Å²) in [7, 11) is 0. The number of amides is 1. The largest absolute Gasteiger partial charge is 0.351 e. The number of aromatic nitrogens is 2. The van der Waals surface area contributed by atoms with Gasteiger partial charge in [0.2, 0.25) is 5.91 Å². The lowest BCUT2D eigenvalue weighted by atomic mass is 10.3. The lowest BCUT2D eigenvalue weighted by Crippen LogP contribution is -2.43. The first kappa shape index (κ1) is 16.2. The highest BCUT2D eigenvalue weighted by Gasteiger charge is 2.12. The lowest BCUT2D eigenvalue weighted by molar-refractivity contribution is -0.122. The number of nitrogens with zero attached hydrogens (tertiary/aromatic N) is 3. The zero-order valence-corrected chi connectivity index (χ0v) is 13.7. The van der Waals surface area contributed by atoms with E-state index in [1.165, 1.54) is 0 Å². The number of hydrogen-bond acceptors (Lipinski definition) is 3. The van der Waals surface area contributed by atoms with Crippen molar-refractivity contribution in [2.75, 3.05) is 19.6 Å². The number of aryl methyl sites for hydroxylation is 1. The molecule has 0 unspecified atom stereocenters. The molecule has 108 valence electrons. The van der Waals surface area contributed by atoms with Gasteiger partial charge in [0.05, 0.1) is 10.2 Å². The number of rotatable bonds is 7. The third-order valence-corrected chi connectivity index (χ3v) is 3.80. The van der Waals surface area contributed by atoms with Crippen molar-refractivity contribution < 1.29 is 4.79 Å². The van der Waals surface area contributed by atoms with E-state index in [1.807, 2.05) is 20.0 Å². The molecule has 1 aromatic heterocycles. The summed E-state index contributed by atoms with van der Waals surface area (Å²) < 4.78 is 2.58. The van der Waals surface area contributed by atoms with E-state index in [0.29, 0.717) is 0 Å². The molecule has 1 atom stereocenters. The quantitative estimate of drug-likeness (QED) is 0.829. The fraction of sp³-hybridized carbons (Fsp3) is 0.692.